The lowest BCUT2D eigenvalue weighted by Crippen LogP contribution is -2.36. The lowest BCUT2D eigenvalue weighted by atomic mass is 10.2. The monoisotopic (exact) mass is 457 g/mol. The van der Waals surface area contributed by atoms with Gasteiger partial charge in [0.25, 0.3) is 0 Å². The van der Waals surface area contributed by atoms with E-state index in [0.29, 0.717) is 67.0 Å². The van der Waals surface area contributed by atoms with Gasteiger partial charge in [0.2, 0.25) is 5.95 Å². The molecule has 2 aromatic rings. The Bertz CT molecular complexity index is 1070. The summed E-state index contributed by atoms with van der Waals surface area (Å²) in [7, 11) is -1.31. The Morgan fingerprint density at radius 1 is 1.29 bits per heavy atom. The van der Waals surface area contributed by atoms with Crippen LogP contribution in [-0.2, 0) is 39.8 Å². The maximum atomic E-state index is 12.5. The number of carbonyl (C=O) groups is 1. The number of nitrogens with zero attached hydrogens (tertiary/aromatic N) is 6. The van der Waals surface area contributed by atoms with Crippen molar-refractivity contribution in [3.63, 3.8) is 0 Å². The van der Waals surface area contributed by atoms with Gasteiger partial charge in [0, 0.05) is 25.3 Å². The van der Waals surface area contributed by atoms with Gasteiger partial charge in [0.1, 0.15) is 23.6 Å². The normalized spacial score (nSPS) is 21.4. The molecular weight excluding hydrogens is 439 g/mol. The standard InChI is InChI=1S/C17H18F3N7O3S/c18-17(19,20)14(28)30-8-16(2-3-16)24-13-12-10(1-6-31(12)29)22-15(23-13)26-4-5-27-9-21-25-11(27)7-26/h9H,1-8H2,(H,22,23,24). The second kappa shape index (κ2) is 7.14. The molecule has 14 heteroatoms. The third-order valence-electron chi connectivity index (χ3n) is 5.55. The Morgan fingerprint density at radius 3 is 2.84 bits per heavy atom. The lowest BCUT2D eigenvalue weighted by Gasteiger charge is -2.28. The molecule has 166 valence electrons. The highest BCUT2D eigenvalue weighted by Crippen LogP contribution is 2.42. The predicted octanol–water partition coefficient (Wildman–Crippen LogP) is 0.802. The van der Waals surface area contributed by atoms with E-state index in [1.807, 2.05) is 9.47 Å². The van der Waals surface area contributed by atoms with Crippen LogP contribution in [0.3, 0.4) is 0 Å². The quantitative estimate of drug-likeness (QED) is 0.651. The molecule has 1 aliphatic carbocycles. The summed E-state index contributed by atoms with van der Waals surface area (Å²) in [5, 5.41) is 11.1. The van der Waals surface area contributed by atoms with Crippen LogP contribution in [0.5, 0.6) is 0 Å². The first kappa shape index (κ1) is 20.2. The molecule has 0 saturated heterocycles. The number of aromatic nitrogens is 5. The van der Waals surface area contributed by atoms with E-state index in [0.717, 1.165) is 5.82 Å². The topological polar surface area (TPSA) is 115 Å². The van der Waals surface area contributed by atoms with E-state index in [1.54, 1.807) is 6.33 Å². The molecule has 1 atom stereocenters. The van der Waals surface area contributed by atoms with Crippen molar-refractivity contribution in [1.29, 1.82) is 0 Å². The zero-order chi connectivity index (χ0) is 21.8. The second-order valence-corrected chi connectivity index (χ2v) is 9.30. The molecule has 4 heterocycles. The summed E-state index contributed by atoms with van der Waals surface area (Å²) in [5.41, 5.74) is -0.198. The molecule has 1 fully saturated rings. The van der Waals surface area contributed by atoms with Crippen LogP contribution in [0.15, 0.2) is 11.2 Å². The minimum atomic E-state index is -5.05. The third-order valence-corrected chi connectivity index (χ3v) is 7.00. The van der Waals surface area contributed by atoms with Crippen molar-refractivity contribution in [2.45, 2.75) is 49.0 Å². The molecule has 31 heavy (non-hydrogen) atoms. The van der Waals surface area contributed by atoms with Crippen LogP contribution in [0.1, 0.15) is 24.4 Å². The number of hydrogen-bond acceptors (Lipinski definition) is 9. The summed E-state index contributed by atoms with van der Waals surface area (Å²) in [6.07, 6.45) is -1.86. The van der Waals surface area contributed by atoms with E-state index in [2.05, 4.69) is 30.2 Å². The van der Waals surface area contributed by atoms with Crippen molar-refractivity contribution in [3.8, 4) is 0 Å². The number of alkyl halides is 3. The number of anilines is 2. The zero-order valence-corrected chi connectivity index (χ0v) is 17.0. The number of esters is 1. The number of aryl methyl sites for hydroxylation is 1. The first-order valence-corrected chi connectivity index (χ1v) is 11.0. The smallest absolute Gasteiger partial charge is 0.457 e. The predicted molar refractivity (Wildman–Crippen MR) is 101 cm³/mol. The molecule has 0 radical (unpaired) electrons. The Kier molecular flexibility index (Phi) is 4.64. The molecule has 0 spiro atoms. The highest BCUT2D eigenvalue weighted by molar-refractivity contribution is 7.85. The summed E-state index contributed by atoms with van der Waals surface area (Å²) < 4.78 is 56.3. The van der Waals surface area contributed by atoms with Crippen molar-refractivity contribution in [1.82, 2.24) is 24.7 Å². The molecule has 3 aliphatic rings. The average Bonchev–Trinajstić information content (AvgIpc) is 3.15. The second-order valence-electron chi connectivity index (χ2n) is 7.79. The molecule has 1 N–H and O–H groups in total. The first-order chi connectivity index (χ1) is 14.7. The molecule has 1 unspecified atom stereocenters. The minimum absolute atomic E-state index is 0.323. The largest absolute Gasteiger partial charge is 0.490 e. The van der Waals surface area contributed by atoms with Crippen molar-refractivity contribution in [3.05, 3.63) is 17.8 Å². The van der Waals surface area contributed by atoms with Gasteiger partial charge in [0.15, 0.2) is 5.82 Å². The van der Waals surface area contributed by atoms with Gasteiger partial charge in [-0.05, 0) is 12.8 Å². The fraction of sp³-hybridized carbons (Fsp3) is 0.588. The molecule has 10 nitrogen and oxygen atoms in total. The van der Waals surface area contributed by atoms with Crippen molar-refractivity contribution < 1.29 is 26.9 Å². The van der Waals surface area contributed by atoms with E-state index in [4.69, 9.17) is 0 Å². The Hall–Kier alpha value is -2.77. The van der Waals surface area contributed by atoms with Crippen LogP contribution in [0, 0.1) is 0 Å². The summed E-state index contributed by atoms with van der Waals surface area (Å²) in [6.45, 7) is 1.30. The van der Waals surface area contributed by atoms with Gasteiger partial charge in [0.05, 0.1) is 28.6 Å². The third kappa shape index (κ3) is 3.83. The zero-order valence-electron chi connectivity index (χ0n) is 16.2. The molecule has 0 amide bonds. The first-order valence-electron chi connectivity index (χ1n) is 9.67. The van der Waals surface area contributed by atoms with Gasteiger partial charge in [-0.3, -0.25) is 4.21 Å². The van der Waals surface area contributed by atoms with Gasteiger partial charge in [-0.25, -0.2) is 9.78 Å². The summed E-state index contributed by atoms with van der Waals surface area (Å²) >= 11 is 0. The number of nitrogens with one attached hydrogen (secondary N) is 1. The van der Waals surface area contributed by atoms with Crippen LogP contribution in [-0.4, -0.2) is 65.5 Å². The Morgan fingerprint density at radius 2 is 2.10 bits per heavy atom. The SMILES string of the molecule is O=C(OCC1(Nc2nc(N3CCn4cnnc4C3)nc3c2S(=O)CC3)CC1)C(F)(F)F. The Balaban J connectivity index is 1.40. The molecule has 5 rings (SSSR count). The van der Waals surface area contributed by atoms with Crippen LogP contribution in [0.25, 0.3) is 0 Å². The number of halogens is 3. The van der Waals surface area contributed by atoms with E-state index in [1.165, 1.54) is 0 Å². The van der Waals surface area contributed by atoms with Crippen LogP contribution >= 0.6 is 0 Å². The van der Waals surface area contributed by atoms with Crippen molar-refractivity contribution in [2.24, 2.45) is 0 Å². The highest BCUT2D eigenvalue weighted by Gasteiger charge is 2.48. The number of hydrogen-bond donors (Lipinski definition) is 1. The summed E-state index contributed by atoms with van der Waals surface area (Å²) in [6, 6.07) is 0. The molecule has 0 aromatic carbocycles. The number of ether oxygens (including phenoxy) is 1. The van der Waals surface area contributed by atoms with Gasteiger partial charge in [-0.2, -0.15) is 18.2 Å². The molecule has 2 aromatic heterocycles. The van der Waals surface area contributed by atoms with Crippen molar-refractivity contribution >= 4 is 28.5 Å². The van der Waals surface area contributed by atoms with Crippen LogP contribution in [0.2, 0.25) is 0 Å². The van der Waals surface area contributed by atoms with E-state index in [9.17, 15) is 22.2 Å². The fourth-order valence-corrected chi connectivity index (χ4v) is 4.95. The molecular formula is C17H18F3N7O3S. The number of carbonyl (C=O) groups excluding carboxylic acids is 1. The molecule has 2 aliphatic heterocycles. The number of rotatable bonds is 5. The summed E-state index contributed by atoms with van der Waals surface area (Å²) in [5.74, 6) is -0.297. The van der Waals surface area contributed by atoms with Crippen molar-refractivity contribution in [2.75, 3.05) is 29.1 Å². The number of fused-ring (bicyclic) bond motifs is 2. The van der Waals surface area contributed by atoms with Crippen LogP contribution < -0.4 is 10.2 Å². The van der Waals surface area contributed by atoms with Gasteiger partial charge in [-0.15, -0.1) is 10.2 Å². The fourth-order valence-electron chi connectivity index (χ4n) is 3.64. The van der Waals surface area contributed by atoms with Crippen LogP contribution in [0.4, 0.5) is 24.9 Å². The average molecular weight is 457 g/mol. The minimum Gasteiger partial charge on any atom is -0.457 e. The van der Waals surface area contributed by atoms with E-state index >= 15 is 0 Å². The van der Waals surface area contributed by atoms with E-state index < -0.39 is 35.1 Å². The Labute approximate surface area is 176 Å². The molecule has 1 saturated carbocycles. The van der Waals surface area contributed by atoms with Gasteiger partial charge >= 0.3 is 12.1 Å². The molecule has 0 bridgehead atoms. The van der Waals surface area contributed by atoms with Gasteiger partial charge < -0.3 is 19.5 Å². The maximum absolute atomic E-state index is 12.5. The maximum Gasteiger partial charge on any atom is 0.490 e. The highest BCUT2D eigenvalue weighted by atomic mass is 32.2. The van der Waals surface area contributed by atoms with E-state index in [-0.39, 0.29) is 0 Å². The lowest BCUT2D eigenvalue weighted by molar-refractivity contribution is -0.200. The summed E-state index contributed by atoms with van der Waals surface area (Å²) in [4.78, 5) is 22.7. The van der Waals surface area contributed by atoms with Gasteiger partial charge in [-0.1, -0.05) is 0 Å².